The zero-order valence-corrected chi connectivity index (χ0v) is 22.4. The van der Waals surface area contributed by atoms with E-state index in [4.69, 9.17) is 4.74 Å². The standard InChI is InChI=1S/C33H35N3O/c1-23-17-24(19-32(2,3)18-23)9-8-12-30-29(22-36)31(27(20-34)21-35)37-33(30,4)28-15-13-26(14-16-28)25-10-6-5-7-11-25/h8-9,12-17,25H,5-7,10-11,18-19H2,1-4H3/b12-8+,24-9-. The van der Waals surface area contributed by atoms with Gasteiger partial charge in [0, 0.05) is 5.57 Å². The molecule has 1 unspecified atom stereocenters. The summed E-state index contributed by atoms with van der Waals surface area (Å²) in [5, 5.41) is 29.2. The fourth-order valence-corrected chi connectivity index (χ4v) is 6.21. The molecule has 1 fully saturated rings. The summed E-state index contributed by atoms with van der Waals surface area (Å²) in [6.07, 6.45) is 16.6. The Balaban J connectivity index is 1.75. The van der Waals surface area contributed by atoms with Gasteiger partial charge in [-0.05, 0) is 67.6 Å². The first-order valence-corrected chi connectivity index (χ1v) is 13.2. The van der Waals surface area contributed by atoms with E-state index in [1.165, 1.54) is 48.8 Å². The number of ether oxygens (including phenoxy) is 1. The lowest BCUT2D eigenvalue weighted by molar-refractivity contribution is 0.0754. The molecule has 1 saturated carbocycles. The van der Waals surface area contributed by atoms with Gasteiger partial charge >= 0.3 is 0 Å². The number of hydrogen-bond acceptors (Lipinski definition) is 4. The zero-order valence-electron chi connectivity index (χ0n) is 22.4. The van der Waals surface area contributed by atoms with E-state index in [0.717, 1.165) is 18.4 Å². The third-order valence-corrected chi connectivity index (χ3v) is 7.86. The topological polar surface area (TPSA) is 80.6 Å². The van der Waals surface area contributed by atoms with Gasteiger partial charge in [-0.25, -0.2) is 0 Å². The second kappa shape index (κ2) is 10.7. The highest BCUT2D eigenvalue weighted by Gasteiger charge is 2.43. The number of nitrogens with zero attached hydrogens (tertiary/aromatic N) is 3. The molecule has 0 radical (unpaired) electrons. The third kappa shape index (κ3) is 5.48. The number of benzene rings is 1. The normalized spacial score (nSPS) is 24.8. The summed E-state index contributed by atoms with van der Waals surface area (Å²) in [5.74, 6) is 0.653. The average Bonchev–Trinajstić information content (AvgIpc) is 3.16. The summed E-state index contributed by atoms with van der Waals surface area (Å²) >= 11 is 0. The zero-order chi connectivity index (χ0) is 26.6. The summed E-state index contributed by atoms with van der Waals surface area (Å²) in [7, 11) is 0. The second-order valence-corrected chi connectivity index (χ2v) is 11.5. The predicted octanol–water partition coefficient (Wildman–Crippen LogP) is 8.35. The maximum Gasteiger partial charge on any atom is 0.172 e. The highest BCUT2D eigenvalue weighted by atomic mass is 16.5. The largest absolute Gasteiger partial charge is 0.474 e. The van der Waals surface area contributed by atoms with Gasteiger partial charge in [0.25, 0.3) is 0 Å². The Bertz CT molecular complexity index is 1320. The lowest BCUT2D eigenvalue weighted by Gasteiger charge is -2.30. The van der Waals surface area contributed by atoms with Crippen LogP contribution in [0.4, 0.5) is 0 Å². The monoisotopic (exact) mass is 489 g/mol. The summed E-state index contributed by atoms with van der Waals surface area (Å²) in [5.41, 5.74) is 4.77. The van der Waals surface area contributed by atoms with Crippen LogP contribution in [-0.4, -0.2) is 0 Å². The van der Waals surface area contributed by atoms with Gasteiger partial charge in [-0.3, -0.25) is 0 Å². The van der Waals surface area contributed by atoms with Crippen LogP contribution >= 0.6 is 0 Å². The predicted molar refractivity (Wildman–Crippen MR) is 146 cm³/mol. The Kier molecular flexibility index (Phi) is 7.57. The van der Waals surface area contributed by atoms with Crippen LogP contribution in [0.15, 0.2) is 82.2 Å². The van der Waals surface area contributed by atoms with Crippen LogP contribution in [-0.2, 0) is 10.3 Å². The van der Waals surface area contributed by atoms with Gasteiger partial charge in [-0.15, -0.1) is 0 Å². The molecule has 0 aromatic heterocycles. The van der Waals surface area contributed by atoms with Crippen molar-refractivity contribution in [3.8, 4) is 18.2 Å². The Labute approximate surface area is 221 Å². The molecule has 0 amide bonds. The van der Waals surface area contributed by atoms with E-state index in [1.807, 2.05) is 31.2 Å². The smallest absolute Gasteiger partial charge is 0.172 e. The Morgan fingerprint density at radius 1 is 0.973 bits per heavy atom. The minimum atomic E-state index is -0.989. The lowest BCUT2D eigenvalue weighted by Crippen LogP contribution is -2.23. The van der Waals surface area contributed by atoms with E-state index in [9.17, 15) is 15.8 Å². The van der Waals surface area contributed by atoms with E-state index >= 15 is 0 Å². The molecule has 3 aliphatic rings. The van der Waals surface area contributed by atoms with Crippen LogP contribution in [0.3, 0.4) is 0 Å². The van der Waals surface area contributed by atoms with Crippen molar-refractivity contribution in [2.45, 2.75) is 84.2 Å². The van der Waals surface area contributed by atoms with E-state index in [1.54, 1.807) is 0 Å². The van der Waals surface area contributed by atoms with Crippen LogP contribution < -0.4 is 0 Å². The summed E-state index contributed by atoms with van der Waals surface area (Å²) < 4.78 is 6.33. The number of rotatable bonds is 4. The van der Waals surface area contributed by atoms with Crippen molar-refractivity contribution < 1.29 is 4.74 Å². The van der Waals surface area contributed by atoms with Crippen molar-refractivity contribution in [2.24, 2.45) is 5.41 Å². The molecule has 4 rings (SSSR count). The highest BCUT2D eigenvalue weighted by molar-refractivity contribution is 5.62. The van der Waals surface area contributed by atoms with Gasteiger partial charge in [0.2, 0.25) is 0 Å². The van der Waals surface area contributed by atoms with Crippen molar-refractivity contribution in [1.82, 2.24) is 0 Å². The van der Waals surface area contributed by atoms with E-state index < -0.39 is 5.60 Å². The first kappa shape index (κ1) is 26.3. The van der Waals surface area contributed by atoms with Gasteiger partial charge in [-0.2, -0.15) is 15.8 Å². The summed E-state index contributed by atoms with van der Waals surface area (Å²) in [4.78, 5) is 0. The number of allylic oxidation sites excluding steroid dienone is 7. The first-order chi connectivity index (χ1) is 17.7. The van der Waals surface area contributed by atoms with E-state index in [0.29, 0.717) is 11.5 Å². The molecule has 188 valence electrons. The minimum Gasteiger partial charge on any atom is -0.474 e. The van der Waals surface area contributed by atoms with Gasteiger partial charge < -0.3 is 4.74 Å². The summed E-state index contributed by atoms with van der Waals surface area (Å²) in [6, 6.07) is 14.5. The van der Waals surface area contributed by atoms with Crippen LogP contribution in [0.25, 0.3) is 0 Å². The SMILES string of the molecule is CC1=C/C(=C/C=C/C2=C(C#N)C(=C(C#N)C#N)OC2(C)c2ccc(C3CCCCC3)cc2)CC(C)(C)C1. The molecule has 0 spiro atoms. The average molecular weight is 490 g/mol. The molecule has 37 heavy (non-hydrogen) atoms. The molecule has 0 bridgehead atoms. The van der Waals surface area contributed by atoms with Crippen molar-refractivity contribution in [3.63, 3.8) is 0 Å². The quantitative estimate of drug-likeness (QED) is 0.398. The number of nitriles is 3. The van der Waals surface area contributed by atoms with E-state index in [2.05, 4.69) is 63.3 Å². The van der Waals surface area contributed by atoms with Crippen LogP contribution in [0.1, 0.15) is 89.7 Å². The fraction of sp³-hybridized carbons (Fsp3) is 0.424. The van der Waals surface area contributed by atoms with Gasteiger partial charge in [0.15, 0.2) is 16.9 Å². The molecule has 1 atom stereocenters. The van der Waals surface area contributed by atoms with Crippen molar-refractivity contribution in [1.29, 1.82) is 15.8 Å². The fourth-order valence-electron chi connectivity index (χ4n) is 6.21. The molecular weight excluding hydrogens is 454 g/mol. The Morgan fingerprint density at radius 2 is 1.65 bits per heavy atom. The van der Waals surface area contributed by atoms with Gasteiger partial charge in [-0.1, -0.05) is 87.3 Å². The number of hydrogen-bond donors (Lipinski definition) is 0. The Morgan fingerprint density at radius 3 is 2.24 bits per heavy atom. The molecule has 4 nitrogen and oxygen atoms in total. The molecule has 1 heterocycles. The maximum absolute atomic E-state index is 10.1. The molecule has 0 N–H and O–H groups in total. The molecular formula is C33H35N3O. The molecule has 2 aliphatic carbocycles. The maximum atomic E-state index is 10.1. The van der Waals surface area contributed by atoms with Gasteiger partial charge in [0.1, 0.15) is 23.8 Å². The van der Waals surface area contributed by atoms with Crippen LogP contribution in [0.2, 0.25) is 0 Å². The Hall–Kier alpha value is -3.81. The van der Waals surface area contributed by atoms with Gasteiger partial charge in [0.05, 0.1) is 0 Å². The van der Waals surface area contributed by atoms with E-state index in [-0.39, 0.29) is 22.3 Å². The van der Waals surface area contributed by atoms with Crippen molar-refractivity contribution in [2.75, 3.05) is 0 Å². The lowest BCUT2D eigenvalue weighted by atomic mass is 9.75. The molecule has 1 aromatic rings. The molecule has 1 aliphatic heterocycles. The third-order valence-electron chi connectivity index (χ3n) is 7.86. The van der Waals surface area contributed by atoms with Crippen LogP contribution in [0.5, 0.6) is 0 Å². The summed E-state index contributed by atoms with van der Waals surface area (Å²) in [6.45, 7) is 8.63. The highest BCUT2D eigenvalue weighted by Crippen LogP contribution is 2.47. The molecule has 4 heteroatoms. The minimum absolute atomic E-state index is 0.0631. The van der Waals surface area contributed by atoms with Crippen LogP contribution in [0, 0.1) is 39.4 Å². The van der Waals surface area contributed by atoms with Crippen molar-refractivity contribution >= 4 is 0 Å². The second-order valence-electron chi connectivity index (χ2n) is 11.5. The first-order valence-electron chi connectivity index (χ1n) is 13.2. The molecule has 0 saturated heterocycles. The van der Waals surface area contributed by atoms with Crippen molar-refractivity contribution in [3.05, 3.63) is 93.3 Å². The molecule has 1 aromatic carbocycles.